The fourth-order valence-corrected chi connectivity index (χ4v) is 6.38. The molecule has 0 unspecified atom stereocenters. The zero-order valence-corrected chi connectivity index (χ0v) is 20.6. The largest absolute Gasteiger partial charge is 0.471 e. The van der Waals surface area contributed by atoms with Crippen LogP contribution < -0.4 is 16.0 Å². The summed E-state index contributed by atoms with van der Waals surface area (Å²) >= 11 is 0. The molecule has 38 heavy (non-hydrogen) atoms. The molecular weight excluding hydrogens is 519 g/mol. The number of amides is 4. The Morgan fingerprint density at radius 1 is 1.11 bits per heavy atom. The lowest BCUT2D eigenvalue weighted by Gasteiger charge is -2.41. The Balaban J connectivity index is 1.52. The molecule has 2 heterocycles. The summed E-state index contributed by atoms with van der Waals surface area (Å²) in [5, 5.41) is 6.87. The normalized spacial score (nSPS) is 30.4. The second-order valence-electron chi connectivity index (χ2n) is 10.9. The number of nitrogens with one attached hydrogen (secondary N) is 3. The first kappa shape index (κ1) is 28.2. The second kappa shape index (κ2) is 10.8. The van der Waals surface area contributed by atoms with Crippen molar-refractivity contribution in [1.29, 1.82) is 0 Å². The van der Waals surface area contributed by atoms with Crippen LogP contribution in [0, 0.1) is 23.7 Å². The lowest BCUT2D eigenvalue weighted by atomic mass is 9.75. The van der Waals surface area contributed by atoms with Crippen LogP contribution in [0.5, 0.6) is 0 Å². The Hall–Kier alpha value is -2.80. The van der Waals surface area contributed by atoms with Gasteiger partial charge in [0.1, 0.15) is 18.4 Å². The van der Waals surface area contributed by atoms with Crippen molar-refractivity contribution in [2.24, 2.45) is 23.7 Å². The van der Waals surface area contributed by atoms with Gasteiger partial charge in [0.15, 0.2) is 0 Å². The molecule has 0 spiro atoms. The van der Waals surface area contributed by atoms with Gasteiger partial charge in [-0.3, -0.25) is 19.2 Å². The molecule has 0 bridgehead atoms. The molecule has 0 aromatic carbocycles. The van der Waals surface area contributed by atoms with E-state index < -0.39 is 72.6 Å². The van der Waals surface area contributed by atoms with Crippen molar-refractivity contribution < 1.29 is 45.9 Å². The van der Waals surface area contributed by atoms with Crippen LogP contribution in [0.4, 0.5) is 22.0 Å². The van der Waals surface area contributed by atoms with E-state index in [1.54, 1.807) is 5.32 Å². The van der Waals surface area contributed by atoms with Crippen molar-refractivity contribution in [3.05, 3.63) is 0 Å². The number of alkyl halides is 5. The van der Waals surface area contributed by atoms with Gasteiger partial charge in [0.25, 0.3) is 0 Å². The molecule has 4 amide bonds. The zero-order chi connectivity index (χ0) is 27.8. The number of likely N-dealkylation sites (tertiary alicyclic amines) is 1. The molecule has 14 heteroatoms. The van der Waals surface area contributed by atoms with Crippen molar-refractivity contribution in [3.8, 4) is 0 Å². The zero-order valence-electron chi connectivity index (χ0n) is 20.6. The third-order valence-electron chi connectivity index (χ3n) is 8.28. The molecule has 0 aromatic rings. The summed E-state index contributed by atoms with van der Waals surface area (Å²) in [5.41, 5.74) is 0. The van der Waals surface area contributed by atoms with Crippen LogP contribution in [-0.2, 0) is 24.0 Å². The van der Waals surface area contributed by atoms with E-state index in [4.69, 9.17) is 0 Å². The molecule has 4 aliphatic rings. The van der Waals surface area contributed by atoms with Crippen LogP contribution in [0.1, 0.15) is 51.4 Å². The van der Waals surface area contributed by atoms with Gasteiger partial charge in [0, 0.05) is 31.8 Å². The Kier molecular flexibility index (Phi) is 7.99. The number of carbonyl (C=O) groups is 5. The van der Waals surface area contributed by atoms with E-state index in [1.807, 2.05) is 0 Å². The predicted molar refractivity (Wildman–Crippen MR) is 120 cm³/mol. The second-order valence-corrected chi connectivity index (χ2v) is 10.9. The minimum atomic E-state index is -5.33. The lowest BCUT2D eigenvalue weighted by Crippen LogP contribution is -2.61. The van der Waals surface area contributed by atoms with Gasteiger partial charge in [-0.05, 0) is 49.9 Å². The van der Waals surface area contributed by atoms with Crippen molar-refractivity contribution in [1.82, 2.24) is 20.9 Å². The van der Waals surface area contributed by atoms with Crippen molar-refractivity contribution in [3.63, 3.8) is 0 Å². The maximum Gasteiger partial charge on any atom is 0.471 e. The maximum atomic E-state index is 13.6. The highest BCUT2D eigenvalue weighted by molar-refractivity contribution is 5.94. The molecule has 4 fully saturated rings. The molecule has 2 aliphatic heterocycles. The van der Waals surface area contributed by atoms with Gasteiger partial charge in [-0.2, -0.15) is 13.2 Å². The van der Waals surface area contributed by atoms with Gasteiger partial charge in [-0.15, -0.1) is 0 Å². The van der Waals surface area contributed by atoms with E-state index >= 15 is 0 Å². The smallest absolute Gasteiger partial charge is 0.356 e. The van der Waals surface area contributed by atoms with Crippen molar-refractivity contribution in [2.45, 2.75) is 81.6 Å². The summed E-state index contributed by atoms with van der Waals surface area (Å²) in [6.07, 6.45) is -3.26. The minimum Gasteiger partial charge on any atom is -0.356 e. The average molecular weight is 551 g/mol. The van der Waals surface area contributed by atoms with Crippen LogP contribution in [-0.4, -0.2) is 78.1 Å². The van der Waals surface area contributed by atoms with Gasteiger partial charge >= 0.3 is 12.1 Å². The maximum absolute atomic E-state index is 13.6. The SMILES string of the molecule is O=C[C@H](C[C@@H]1CCCNC1=O)NC(=O)[C@@H]1[C@H]2CCC[C@H]2CN1C(=O)[C@@H](NC(=O)C(F)(F)F)C1CC(F)(F)C1. The van der Waals surface area contributed by atoms with Gasteiger partial charge in [0.05, 0.1) is 6.04 Å². The fourth-order valence-electron chi connectivity index (χ4n) is 6.38. The van der Waals surface area contributed by atoms with Crippen LogP contribution >= 0.6 is 0 Å². The Morgan fingerprint density at radius 2 is 1.82 bits per heavy atom. The summed E-state index contributed by atoms with van der Waals surface area (Å²) in [4.78, 5) is 63.5. The summed E-state index contributed by atoms with van der Waals surface area (Å²) in [6.45, 7) is 0.550. The molecule has 0 aromatic heterocycles. The van der Waals surface area contributed by atoms with Gasteiger partial charge in [0.2, 0.25) is 23.6 Å². The van der Waals surface area contributed by atoms with E-state index in [9.17, 15) is 45.9 Å². The summed E-state index contributed by atoms with van der Waals surface area (Å²) in [7, 11) is 0. The lowest BCUT2D eigenvalue weighted by molar-refractivity contribution is -0.179. The van der Waals surface area contributed by atoms with E-state index in [0.29, 0.717) is 32.1 Å². The third-order valence-corrected chi connectivity index (χ3v) is 8.28. The standard InChI is InChI=1S/C24H31F5N4O5/c25-23(26)8-14(9-23)17(32-22(38)24(27,28)29)21(37)33-10-13-3-1-5-16(13)18(33)20(36)31-15(11-34)7-12-4-2-6-30-19(12)35/h11-18H,1-10H2,(H,30,35)(H,31,36)(H,32,38)/t12-,13-,15-,16-,17-,18-/m0/s1. The molecular formula is C24H31F5N4O5. The number of aldehydes is 1. The molecule has 212 valence electrons. The average Bonchev–Trinajstić information content (AvgIpc) is 3.42. The molecule has 0 radical (unpaired) electrons. The molecule has 2 saturated carbocycles. The molecule has 2 saturated heterocycles. The number of rotatable bonds is 8. The van der Waals surface area contributed by atoms with Crippen LogP contribution in [0.15, 0.2) is 0 Å². The number of fused-ring (bicyclic) bond motifs is 1. The first-order valence-corrected chi connectivity index (χ1v) is 12.9. The molecule has 2 aliphatic carbocycles. The summed E-state index contributed by atoms with van der Waals surface area (Å²) in [5.74, 6) is -9.69. The van der Waals surface area contributed by atoms with E-state index in [2.05, 4.69) is 10.6 Å². The van der Waals surface area contributed by atoms with Gasteiger partial charge in [-0.25, -0.2) is 8.78 Å². The molecule has 3 N–H and O–H groups in total. The van der Waals surface area contributed by atoms with Crippen molar-refractivity contribution in [2.75, 3.05) is 13.1 Å². The van der Waals surface area contributed by atoms with Gasteiger partial charge < -0.3 is 25.6 Å². The Labute approximate surface area is 215 Å². The minimum absolute atomic E-state index is 0.0277. The van der Waals surface area contributed by atoms with Crippen LogP contribution in [0.3, 0.4) is 0 Å². The quantitative estimate of drug-likeness (QED) is 0.311. The first-order chi connectivity index (χ1) is 17.8. The highest BCUT2D eigenvalue weighted by atomic mass is 19.4. The summed E-state index contributed by atoms with van der Waals surface area (Å²) < 4.78 is 66.1. The topological polar surface area (TPSA) is 125 Å². The predicted octanol–water partition coefficient (Wildman–Crippen LogP) is 1.31. The monoisotopic (exact) mass is 550 g/mol. The van der Waals surface area contributed by atoms with Gasteiger partial charge in [-0.1, -0.05) is 6.42 Å². The van der Waals surface area contributed by atoms with Crippen LogP contribution in [0.25, 0.3) is 0 Å². The number of nitrogens with zero attached hydrogens (tertiary/aromatic N) is 1. The number of piperidine rings is 1. The Morgan fingerprint density at radius 3 is 2.42 bits per heavy atom. The number of hydrogen-bond donors (Lipinski definition) is 3. The molecule has 9 nitrogen and oxygen atoms in total. The molecule has 4 rings (SSSR count). The first-order valence-electron chi connectivity index (χ1n) is 12.9. The number of carbonyl (C=O) groups excluding carboxylic acids is 5. The highest BCUT2D eigenvalue weighted by Crippen LogP contribution is 2.47. The third kappa shape index (κ3) is 5.93. The van der Waals surface area contributed by atoms with E-state index in [1.165, 1.54) is 0 Å². The Bertz CT molecular complexity index is 968. The van der Waals surface area contributed by atoms with Crippen molar-refractivity contribution >= 4 is 29.9 Å². The van der Waals surface area contributed by atoms with Crippen LogP contribution in [0.2, 0.25) is 0 Å². The number of hydrogen-bond acceptors (Lipinski definition) is 5. The number of halogens is 5. The summed E-state index contributed by atoms with van der Waals surface area (Å²) in [6, 6.07) is -4.03. The van der Waals surface area contributed by atoms with E-state index in [0.717, 1.165) is 17.7 Å². The highest BCUT2D eigenvalue weighted by Gasteiger charge is 2.56. The van der Waals surface area contributed by atoms with E-state index in [-0.39, 0.29) is 30.7 Å². The fraction of sp³-hybridized carbons (Fsp3) is 0.792. The molecule has 6 atom stereocenters.